The van der Waals surface area contributed by atoms with Crippen LogP contribution in [0.15, 0.2) is 0 Å². The maximum absolute atomic E-state index is 12.6. The van der Waals surface area contributed by atoms with Crippen molar-refractivity contribution in [3.05, 3.63) is 0 Å². The molecule has 8 heteroatoms. The van der Waals surface area contributed by atoms with Crippen molar-refractivity contribution >= 4 is 18.0 Å². The summed E-state index contributed by atoms with van der Waals surface area (Å²) < 4.78 is 5.75. The van der Waals surface area contributed by atoms with Crippen molar-refractivity contribution in [2.45, 2.75) is 51.2 Å². The van der Waals surface area contributed by atoms with Gasteiger partial charge in [-0.15, -0.1) is 0 Å². The van der Waals surface area contributed by atoms with Gasteiger partial charge in [0, 0.05) is 39.5 Å². The number of nitrogens with zero attached hydrogens (tertiary/aromatic N) is 3. The van der Waals surface area contributed by atoms with Gasteiger partial charge in [0.1, 0.15) is 11.6 Å². The molecular weight excluding hydrogens is 336 g/mol. The van der Waals surface area contributed by atoms with E-state index in [2.05, 4.69) is 19.2 Å². The fraction of sp³-hybridized carbons (Fsp3) is 0.833. The van der Waals surface area contributed by atoms with Gasteiger partial charge in [-0.1, -0.05) is 26.7 Å². The van der Waals surface area contributed by atoms with Crippen molar-refractivity contribution in [1.82, 2.24) is 20.0 Å². The first-order chi connectivity index (χ1) is 12.4. The number of likely N-dealkylation sites (N-methyl/N-ethyl adjacent to an activating group) is 1. The quantitative estimate of drug-likeness (QED) is 0.794. The Kier molecular flexibility index (Phi) is 5.29. The number of hydrogen-bond donors (Lipinski definition) is 1. The van der Waals surface area contributed by atoms with E-state index in [1.165, 1.54) is 4.90 Å². The molecule has 0 radical (unpaired) electrons. The Morgan fingerprint density at radius 1 is 1.27 bits per heavy atom. The first kappa shape index (κ1) is 18.8. The summed E-state index contributed by atoms with van der Waals surface area (Å²) >= 11 is 0. The molecule has 1 atom stereocenters. The summed E-state index contributed by atoms with van der Waals surface area (Å²) in [5, 5.41) is 2.71. The second-order valence-corrected chi connectivity index (χ2v) is 7.82. The maximum Gasteiger partial charge on any atom is 0.410 e. The van der Waals surface area contributed by atoms with Crippen LogP contribution in [0.4, 0.5) is 9.59 Å². The molecule has 3 rings (SSSR count). The summed E-state index contributed by atoms with van der Waals surface area (Å²) in [4.78, 5) is 41.6. The van der Waals surface area contributed by atoms with Crippen molar-refractivity contribution in [1.29, 1.82) is 0 Å². The highest BCUT2D eigenvalue weighted by atomic mass is 16.6. The van der Waals surface area contributed by atoms with Crippen LogP contribution in [0.2, 0.25) is 0 Å². The molecule has 26 heavy (non-hydrogen) atoms. The molecule has 0 aromatic carbocycles. The van der Waals surface area contributed by atoms with E-state index in [9.17, 15) is 14.4 Å². The predicted octanol–water partition coefficient (Wildman–Crippen LogP) is 1.26. The highest BCUT2D eigenvalue weighted by Gasteiger charge is 2.48. The van der Waals surface area contributed by atoms with E-state index < -0.39 is 11.6 Å². The Morgan fingerprint density at radius 2 is 1.92 bits per heavy atom. The predicted molar refractivity (Wildman–Crippen MR) is 95.6 cm³/mol. The molecule has 0 aromatic rings. The van der Waals surface area contributed by atoms with Crippen molar-refractivity contribution in [3.63, 3.8) is 0 Å². The van der Waals surface area contributed by atoms with Crippen molar-refractivity contribution in [3.8, 4) is 0 Å². The minimum Gasteiger partial charge on any atom is -0.441 e. The normalized spacial score (nSPS) is 25.2. The lowest BCUT2D eigenvalue weighted by atomic mass is 9.90. The fourth-order valence-electron chi connectivity index (χ4n) is 4.11. The van der Waals surface area contributed by atoms with Crippen LogP contribution in [0.5, 0.6) is 0 Å². The lowest BCUT2D eigenvalue weighted by Crippen LogP contribution is -2.53. The molecule has 1 N–H and O–H groups in total. The highest BCUT2D eigenvalue weighted by molar-refractivity contribution is 5.90. The summed E-state index contributed by atoms with van der Waals surface area (Å²) in [5.41, 5.74) is -0.463. The topological polar surface area (TPSA) is 82.2 Å². The molecule has 0 aliphatic carbocycles. The van der Waals surface area contributed by atoms with Crippen LogP contribution in [0.3, 0.4) is 0 Å². The first-order valence-corrected chi connectivity index (χ1v) is 9.66. The molecule has 1 spiro atoms. The van der Waals surface area contributed by atoms with Gasteiger partial charge in [-0.3, -0.25) is 4.79 Å². The van der Waals surface area contributed by atoms with Crippen LogP contribution >= 0.6 is 0 Å². The zero-order chi connectivity index (χ0) is 18.9. The van der Waals surface area contributed by atoms with Crippen LogP contribution in [0.25, 0.3) is 0 Å². The molecule has 0 bridgehead atoms. The summed E-state index contributed by atoms with van der Waals surface area (Å²) in [6.07, 6.45) is 3.19. The van der Waals surface area contributed by atoms with Crippen LogP contribution in [0, 0.1) is 5.92 Å². The lowest BCUT2D eigenvalue weighted by Gasteiger charge is -2.38. The zero-order valence-corrected chi connectivity index (χ0v) is 16.0. The minimum atomic E-state index is -0.473. The number of likely N-dealkylation sites (tertiary alicyclic amines) is 1. The number of urea groups is 1. The number of ether oxygens (including phenoxy) is 1. The molecule has 8 nitrogen and oxygen atoms in total. The molecule has 0 saturated carbocycles. The Hall–Kier alpha value is -1.99. The van der Waals surface area contributed by atoms with E-state index >= 15 is 0 Å². The Bertz CT molecular complexity index is 570. The number of carbonyl (C=O) groups is 3. The number of carbonyl (C=O) groups excluding carboxylic acids is 3. The Balaban J connectivity index is 1.54. The Labute approximate surface area is 154 Å². The molecule has 0 aromatic heterocycles. The number of piperidine rings is 1. The van der Waals surface area contributed by atoms with Crippen molar-refractivity contribution in [2.24, 2.45) is 5.92 Å². The van der Waals surface area contributed by atoms with E-state index in [1.54, 1.807) is 11.9 Å². The summed E-state index contributed by atoms with van der Waals surface area (Å²) in [6, 6.07) is -0.683. The van der Waals surface area contributed by atoms with Crippen LogP contribution < -0.4 is 5.32 Å². The summed E-state index contributed by atoms with van der Waals surface area (Å²) in [6.45, 7) is 7.17. The molecule has 0 unspecified atom stereocenters. The van der Waals surface area contributed by atoms with E-state index in [0.717, 1.165) is 19.4 Å². The van der Waals surface area contributed by atoms with E-state index in [1.807, 2.05) is 4.90 Å². The standard InChI is InChI=1S/C18H30N4O4/c1-4-13(5-2)10-22-12-18(26-17(22)25)6-8-21(9-7-18)15(23)14-11-20(3)16(24)19-14/h13-14H,4-12H2,1-3H3,(H,19,24)/t14-/m0/s1. The van der Waals surface area contributed by atoms with Gasteiger partial charge in [-0.2, -0.15) is 0 Å². The van der Waals surface area contributed by atoms with Crippen molar-refractivity contribution < 1.29 is 19.1 Å². The van der Waals surface area contributed by atoms with Crippen LogP contribution in [-0.2, 0) is 9.53 Å². The van der Waals surface area contributed by atoms with Crippen molar-refractivity contribution in [2.75, 3.05) is 39.8 Å². The highest BCUT2D eigenvalue weighted by Crippen LogP contribution is 2.34. The minimum absolute atomic E-state index is 0.0456. The number of nitrogens with one attached hydrogen (secondary N) is 1. The van der Waals surface area contributed by atoms with Gasteiger partial charge in [0.15, 0.2) is 0 Å². The molecule has 3 aliphatic rings. The number of amides is 4. The molecule has 146 valence electrons. The van der Waals surface area contributed by atoms with Gasteiger partial charge in [0.25, 0.3) is 0 Å². The third kappa shape index (κ3) is 3.59. The van der Waals surface area contributed by atoms with E-state index in [4.69, 9.17) is 4.74 Å². The van der Waals surface area contributed by atoms with Crippen LogP contribution in [-0.4, -0.2) is 84.1 Å². The Morgan fingerprint density at radius 3 is 2.46 bits per heavy atom. The lowest BCUT2D eigenvalue weighted by molar-refractivity contribution is -0.136. The zero-order valence-electron chi connectivity index (χ0n) is 16.0. The molecule has 3 saturated heterocycles. The monoisotopic (exact) mass is 366 g/mol. The maximum atomic E-state index is 12.6. The number of hydrogen-bond acceptors (Lipinski definition) is 4. The smallest absolute Gasteiger partial charge is 0.410 e. The van der Waals surface area contributed by atoms with E-state index in [-0.39, 0.29) is 18.0 Å². The van der Waals surface area contributed by atoms with Gasteiger partial charge >= 0.3 is 12.1 Å². The van der Waals surface area contributed by atoms with Gasteiger partial charge in [0.2, 0.25) is 5.91 Å². The van der Waals surface area contributed by atoms with E-state index in [0.29, 0.717) is 44.9 Å². The average Bonchev–Trinajstić information content (AvgIpc) is 3.12. The van der Waals surface area contributed by atoms with Gasteiger partial charge in [-0.25, -0.2) is 9.59 Å². The summed E-state index contributed by atoms with van der Waals surface area (Å²) in [5.74, 6) is 0.457. The second-order valence-electron chi connectivity index (χ2n) is 7.82. The SMILES string of the molecule is CCC(CC)CN1CC2(CCN(C(=O)[C@@H]3CN(C)C(=O)N3)CC2)OC1=O. The molecule has 3 aliphatic heterocycles. The van der Waals surface area contributed by atoms with Gasteiger partial charge < -0.3 is 24.8 Å². The van der Waals surface area contributed by atoms with Gasteiger partial charge in [-0.05, 0) is 5.92 Å². The number of rotatable bonds is 5. The van der Waals surface area contributed by atoms with Crippen LogP contribution in [0.1, 0.15) is 39.5 Å². The summed E-state index contributed by atoms with van der Waals surface area (Å²) in [7, 11) is 1.68. The molecule has 4 amide bonds. The first-order valence-electron chi connectivity index (χ1n) is 9.66. The third-order valence-corrected chi connectivity index (χ3v) is 6.06. The molecule has 3 fully saturated rings. The molecule has 3 heterocycles. The van der Waals surface area contributed by atoms with Gasteiger partial charge in [0.05, 0.1) is 13.1 Å². The largest absolute Gasteiger partial charge is 0.441 e. The third-order valence-electron chi connectivity index (χ3n) is 6.06. The second kappa shape index (κ2) is 7.32. The molecular formula is C18H30N4O4. The fourth-order valence-corrected chi connectivity index (χ4v) is 4.11. The average molecular weight is 366 g/mol.